The number of nitrogen functional groups attached to an aromatic ring is 1. The minimum absolute atomic E-state index is 0.0220. The molecule has 4 atom stereocenters. The monoisotopic (exact) mass is 1080 g/mol. The number of anilines is 4. The number of amides is 8. The molecule has 4 aromatic rings. The lowest BCUT2D eigenvalue weighted by atomic mass is 10.0. The van der Waals surface area contributed by atoms with Crippen molar-refractivity contribution in [3.8, 4) is 17.0 Å². The highest BCUT2D eigenvalue weighted by molar-refractivity contribution is 6.07. The van der Waals surface area contributed by atoms with E-state index < -0.39 is 48.2 Å². The SMILES string of the molecule is CC(C)[C@H](NC(=O)CCCCCN1C(=O)C=CC1O)C(=O)N[C@@H](CCCNC(N)=O)C(=O)Nc1ccc(COC(=O)N2CCC[C@@H](Oc3ccc(-c4cnc(N)c(C(=O)Nc5cnccc5N5CCOCC5)n4)cc3)C2)cc1. The first kappa shape index (κ1) is 57.3. The molecule has 416 valence electrons. The van der Waals surface area contributed by atoms with Gasteiger partial charge in [0.1, 0.15) is 36.8 Å². The summed E-state index contributed by atoms with van der Waals surface area (Å²) < 4.78 is 17.5. The van der Waals surface area contributed by atoms with E-state index in [0.29, 0.717) is 118 Å². The molecular formula is C54H69N13O11. The Morgan fingerprint density at radius 1 is 0.897 bits per heavy atom. The quantitative estimate of drug-likeness (QED) is 0.0464. The zero-order chi connectivity index (χ0) is 55.6. The van der Waals surface area contributed by atoms with Crippen molar-refractivity contribution in [1.29, 1.82) is 0 Å². The molecule has 24 heteroatoms. The summed E-state index contributed by atoms with van der Waals surface area (Å²) in [6, 6.07) is 13.0. The number of aliphatic hydroxyl groups excluding tert-OH is 1. The van der Waals surface area contributed by atoms with Crippen LogP contribution in [0, 0.1) is 5.92 Å². The van der Waals surface area contributed by atoms with Crippen LogP contribution in [-0.4, -0.2) is 148 Å². The first-order valence-corrected chi connectivity index (χ1v) is 26.2. The number of carbonyl (C=O) groups excluding carboxylic acids is 7. The molecule has 0 spiro atoms. The van der Waals surface area contributed by atoms with Crippen LogP contribution in [0.5, 0.6) is 5.75 Å². The average molecular weight is 1080 g/mol. The average Bonchev–Trinajstić information content (AvgIpc) is 3.76. The molecule has 5 heterocycles. The molecule has 8 amide bonds. The second kappa shape index (κ2) is 28.1. The Morgan fingerprint density at radius 2 is 1.67 bits per heavy atom. The van der Waals surface area contributed by atoms with E-state index in [2.05, 4.69) is 46.4 Å². The molecule has 7 rings (SSSR count). The van der Waals surface area contributed by atoms with Gasteiger partial charge in [-0.2, -0.15) is 0 Å². The van der Waals surface area contributed by atoms with Crippen molar-refractivity contribution in [2.75, 3.05) is 73.7 Å². The molecule has 2 saturated heterocycles. The molecule has 78 heavy (non-hydrogen) atoms. The second-order valence-electron chi connectivity index (χ2n) is 19.4. The number of unbranched alkanes of at least 4 members (excludes halogenated alkanes) is 2. The van der Waals surface area contributed by atoms with Crippen LogP contribution in [-0.2, 0) is 35.3 Å². The fourth-order valence-electron chi connectivity index (χ4n) is 9.01. The number of piperidine rings is 1. The van der Waals surface area contributed by atoms with Crippen molar-refractivity contribution in [3.63, 3.8) is 0 Å². The zero-order valence-electron chi connectivity index (χ0n) is 43.9. The number of carbonyl (C=O) groups is 7. The van der Waals surface area contributed by atoms with Crippen LogP contribution in [0.15, 0.2) is 85.3 Å². The van der Waals surface area contributed by atoms with E-state index >= 15 is 0 Å². The summed E-state index contributed by atoms with van der Waals surface area (Å²) in [6.45, 7) is 7.31. The van der Waals surface area contributed by atoms with Gasteiger partial charge in [0.25, 0.3) is 5.91 Å². The molecule has 2 fully saturated rings. The van der Waals surface area contributed by atoms with Crippen LogP contribution in [0.25, 0.3) is 11.3 Å². The summed E-state index contributed by atoms with van der Waals surface area (Å²) in [5.41, 5.74) is 14.8. The summed E-state index contributed by atoms with van der Waals surface area (Å²) in [7, 11) is 0. The molecule has 0 aliphatic carbocycles. The minimum Gasteiger partial charge on any atom is -0.489 e. The summed E-state index contributed by atoms with van der Waals surface area (Å²) in [5.74, 6) is -1.99. The number of aromatic nitrogens is 3. The van der Waals surface area contributed by atoms with Gasteiger partial charge in [0, 0.05) is 62.7 Å². The van der Waals surface area contributed by atoms with Crippen LogP contribution in [0.4, 0.5) is 32.5 Å². The number of hydrogen-bond donors (Lipinski definition) is 8. The Kier molecular flexibility index (Phi) is 20.7. The van der Waals surface area contributed by atoms with E-state index in [-0.39, 0.29) is 61.3 Å². The molecule has 3 aliphatic rings. The summed E-state index contributed by atoms with van der Waals surface area (Å²) in [4.78, 5) is 108. The van der Waals surface area contributed by atoms with Gasteiger partial charge in [-0.15, -0.1) is 0 Å². The van der Waals surface area contributed by atoms with Crippen LogP contribution in [0.1, 0.15) is 81.3 Å². The number of aliphatic hydroxyl groups is 1. The van der Waals surface area contributed by atoms with E-state index in [9.17, 15) is 38.7 Å². The number of urea groups is 1. The van der Waals surface area contributed by atoms with Crippen LogP contribution < -0.4 is 47.7 Å². The molecule has 2 aromatic carbocycles. The number of rotatable bonds is 24. The third-order valence-electron chi connectivity index (χ3n) is 13.3. The molecule has 24 nitrogen and oxygen atoms in total. The van der Waals surface area contributed by atoms with E-state index in [1.165, 1.54) is 23.2 Å². The minimum atomic E-state index is -1.05. The highest BCUT2D eigenvalue weighted by Crippen LogP contribution is 2.28. The topological polar surface area (TPSA) is 328 Å². The number of ether oxygens (including phenoxy) is 3. The predicted octanol–water partition coefficient (Wildman–Crippen LogP) is 3.68. The van der Waals surface area contributed by atoms with Gasteiger partial charge in [0.15, 0.2) is 11.5 Å². The summed E-state index contributed by atoms with van der Waals surface area (Å²) in [5, 5.41) is 23.6. The number of primary amides is 1. The fourth-order valence-corrected chi connectivity index (χ4v) is 9.01. The molecule has 10 N–H and O–H groups in total. The van der Waals surface area contributed by atoms with E-state index in [1.54, 1.807) is 79.7 Å². The largest absolute Gasteiger partial charge is 0.489 e. The molecule has 1 unspecified atom stereocenters. The number of nitrogens with zero attached hydrogens (tertiary/aromatic N) is 6. The van der Waals surface area contributed by atoms with Crippen molar-refractivity contribution in [2.45, 2.75) is 96.2 Å². The first-order chi connectivity index (χ1) is 37.6. The number of nitrogens with one attached hydrogen (secondary N) is 5. The van der Waals surface area contributed by atoms with Crippen molar-refractivity contribution in [2.24, 2.45) is 11.7 Å². The molecule has 2 aromatic heterocycles. The van der Waals surface area contributed by atoms with E-state index in [1.807, 2.05) is 6.07 Å². The van der Waals surface area contributed by atoms with Crippen LogP contribution in [0.2, 0.25) is 0 Å². The van der Waals surface area contributed by atoms with Gasteiger partial charge < -0.3 is 72.1 Å². The molecular weight excluding hydrogens is 1010 g/mol. The Labute approximate surface area is 452 Å². The number of hydrogen-bond acceptors (Lipinski definition) is 16. The highest BCUT2D eigenvalue weighted by atomic mass is 16.6. The van der Waals surface area contributed by atoms with Crippen LogP contribution in [0.3, 0.4) is 0 Å². The van der Waals surface area contributed by atoms with E-state index in [4.69, 9.17) is 25.7 Å². The first-order valence-electron chi connectivity index (χ1n) is 26.2. The number of likely N-dealkylation sites (tertiary alicyclic amines) is 1. The van der Waals surface area contributed by atoms with Crippen LogP contribution >= 0.6 is 0 Å². The number of nitrogens with two attached hydrogens (primary N) is 2. The van der Waals surface area contributed by atoms with Crippen molar-refractivity contribution < 1.29 is 52.9 Å². The maximum Gasteiger partial charge on any atom is 0.410 e. The Bertz CT molecular complexity index is 2760. The standard InChI is InChI=1S/C54H69N13O11/c1-34(2)47(64-44(68)10-4-3-5-25-67-45(69)19-20-46(67)70)51(72)62-40(9-6-22-58-53(56)74)50(71)60-37-15-11-35(12-16-37)33-77-54(75)66-24-7-8-39(32-66)78-38-17-13-36(14-18-38)41-31-59-49(55)48(61-41)52(73)63-42-30-57-23-21-43(42)65-26-28-76-29-27-65/h11-21,23,30-31,34,39-40,45,47,69H,3-10,22,24-29,32-33H2,1-2H3,(H2,55,59)(H,60,71)(H,62,72)(H,63,73)(H,64,68)(H3,56,58,74)/t39-,40+,45?,47+/m1/s1. The van der Waals surface area contributed by atoms with Crippen molar-refractivity contribution >= 4 is 64.5 Å². The zero-order valence-corrected chi connectivity index (χ0v) is 43.9. The second-order valence-corrected chi connectivity index (χ2v) is 19.4. The van der Waals surface area contributed by atoms with Gasteiger partial charge in [0.2, 0.25) is 23.6 Å². The lowest BCUT2D eigenvalue weighted by Crippen LogP contribution is -2.54. The highest BCUT2D eigenvalue weighted by Gasteiger charge is 2.30. The van der Waals surface area contributed by atoms with Gasteiger partial charge in [-0.3, -0.25) is 29.0 Å². The Hall–Kier alpha value is -8.38. The van der Waals surface area contributed by atoms with Gasteiger partial charge in [-0.25, -0.2) is 19.6 Å². The fraction of sp³-hybridized carbons (Fsp3) is 0.444. The molecule has 0 bridgehead atoms. The van der Waals surface area contributed by atoms with Crippen molar-refractivity contribution in [1.82, 2.24) is 40.7 Å². The van der Waals surface area contributed by atoms with Crippen molar-refractivity contribution in [3.05, 3.63) is 96.6 Å². The number of pyridine rings is 1. The number of benzene rings is 2. The summed E-state index contributed by atoms with van der Waals surface area (Å²) >= 11 is 0. The third-order valence-corrected chi connectivity index (χ3v) is 13.3. The Balaban J connectivity index is 0.862. The maximum atomic E-state index is 13.7. The van der Waals surface area contributed by atoms with Gasteiger partial charge in [0.05, 0.1) is 49.2 Å². The lowest BCUT2D eigenvalue weighted by Gasteiger charge is -2.32. The Morgan fingerprint density at radius 3 is 2.38 bits per heavy atom. The lowest BCUT2D eigenvalue weighted by molar-refractivity contribution is -0.132. The normalized spacial score (nSPS) is 17.0. The van der Waals surface area contributed by atoms with Gasteiger partial charge in [-0.05, 0) is 98.5 Å². The smallest absolute Gasteiger partial charge is 0.410 e. The molecule has 3 aliphatic heterocycles. The predicted molar refractivity (Wildman–Crippen MR) is 288 cm³/mol. The third kappa shape index (κ3) is 16.6. The van der Waals surface area contributed by atoms with Gasteiger partial charge in [-0.1, -0.05) is 32.4 Å². The van der Waals surface area contributed by atoms with E-state index in [0.717, 1.165) is 5.69 Å². The number of morpholine rings is 1. The maximum absolute atomic E-state index is 13.7. The molecule has 0 radical (unpaired) electrons. The molecule has 0 saturated carbocycles. The van der Waals surface area contributed by atoms with Gasteiger partial charge >= 0.3 is 12.1 Å². The summed E-state index contributed by atoms with van der Waals surface area (Å²) in [6.07, 6.45) is 9.42.